The zero-order chi connectivity index (χ0) is 11.4. The molecule has 0 aromatic rings. The average Bonchev–Trinajstić information content (AvgIpc) is 1.93. The fraction of sp³-hybridized carbons (Fsp3) is 0.692. The zero-order valence-corrected chi connectivity index (χ0v) is 10.3. The predicted molar refractivity (Wildman–Crippen MR) is 61.2 cm³/mol. The van der Waals surface area contributed by atoms with E-state index in [9.17, 15) is 4.79 Å². The number of rotatable bonds is 2. The van der Waals surface area contributed by atoms with Crippen molar-refractivity contribution in [2.24, 2.45) is 10.8 Å². The zero-order valence-electron chi connectivity index (χ0n) is 10.3. The van der Waals surface area contributed by atoms with Crippen molar-refractivity contribution in [2.45, 2.75) is 48.0 Å². The number of aldehydes is 1. The van der Waals surface area contributed by atoms with Gasteiger partial charge in [-0.25, -0.2) is 0 Å². The maximum absolute atomic E-state index is 10.5. The third-order valence-electron chi connectivity index (χ3n) is 1.87. The first kappa shape index (κ1) is 13.2. The minimum Gasteiger partial charge on any atom is -0.303 e. The van der Waals surface area contributed by atoms with Gasteiger partial charge in [0.15, 0.2) is 0 Å². The highest BCUT2D eigenvalue weighted by Gasteiger charge is 2.16. The molecule has 80 valence electrons. The molecule has 0 spiro atoms. The molecule has 0 aromatic heterocycles. The van der Waals surface area contributed by atoms with Gasteiger partial charge in [0.2, 0.25) is 0 Å². The molecule has 0 heterocycles. The van der Waals surface area contributed by atoms with Gasteiger partial charge < -0.3 is 4.79 Å². The van der Waals surface area contributed by atoms with Gasteiger partial charge in [0.25, 0.3) is 0 Å². The van der Waals surface area contributed by atoms with E-state index in [4.69, 9.17) is 0 Å². The fourth-order valence-electron chi connectivity index (χ4n) is 0.969. The summed E-state index contributed by atoms with van der Waals surface area (Å²) >= 11 is 0. The smallest absolute Gasteiger partial charge is 0.124 e. The van der Waals surface area contributed by atoms with Crippen LogP contribution in [0.2, 0.25) is 0 Å². The van der Waals surface area contributed by atoms with Crippen LogP contribution < -0.4 is 0 Å². The minimum atomic E-state index is 0.0304. The largest absolute Gasteiger partial charge is 0.303 e. The first-order valence-electron chi connectivity index (χ1n) is 5.07. The molecular formula is C13H22O. The predicted octanol–water partition coefficient (Wildman–Crippen LogP) is 3.75. The Morgan fingerprint density at radius 2 is 1.64 bits per heavy atom. The summed E-state index contributed by atoms with van der Waals surface area (Å²) in [6.45, 7) is 12.7. The van der Waals surface area contributed by atoms with Crippen molar-refractivity contribution in [3.8, 4) is 0 Å². The number of hydrogen-bond acceptors (Lipinski definition) is 1. The molecule has 1 heteroatoms. The van der Waals surface area contributed by atoms with Gasteiger partial charge >= 0.3 is 0 Å². The normalized spacial score (nSPS) is 11.9. The third kappa shape index (κ3) is 5.77. The van der Waals surface area contributed by atoms with E-state index in [0.29, 0.717) is 6.42 Å². The van der Waals surface area contributed by atoms with Gasteiger partial charge in [-0.2, -0.15) is 0 Å². The van der Waals surface area contributed by atoms with Gasteiger partial charge in [-0.1, -0.05) is 41.5 Å². The van der Waals surface area contributed by atoms with Gasteiger partial charge in [0.1, 0.15) is 6.29 Å². The minimum absolute atomic E-state index is 0.0304. The van der Waals surface area contributed by atoms with E-state index < -0.39 is 0 Å². The molecule has 0 unspecified atom stereocenters. The Morgan fingerprint density at radius 3 is 1.93 bits per heavy atom. The second-order valence-corrected chi connectivity index (χ2v) is 5.75. The summed E-state index contributed by atoms with van der Waals surface area (Å²) in [5.74, 6) is 0. The highest BCUT2D eigenvalue weighted by Crippen LogP contribution is 2.27. The van der Waals surface area contributed by atoms with Gasteiger partial charge in [-0.3, -0.25) is 0 Å². The van der Waals surface area contributed by atoms with Crippen molar-refractivity contribution >= 4 is 6.29 Å². The number of carbonyl (C=O) groups is 1. The van der Waals surface area contributed by atoms with Crippen molar-refractivity contribution in [1.82, 2.24) is 0 Å². The van der Waals surface area contributed by atoms with Crippen LogP contribution in [-0.4, -0.2) is 6.29 Å². The Bertz CT molecular complexity index is 252. The molecule has 14 heavy (non-hydrogen) atoms. The lowest BCUT2D eigenvalue weighted by Gasteiger charge is -2.19. The summed E-state index contributed by atoms with van der Waals surface area (Å²) in [5.41, 5.74) is 4.49. The Kier molecular flexibility index (Phi) is 4.35. The van der Waals surface area contributed by atoms with Gasteiger partial charge in [-0.15, -0.1) is 5.73 Å². The molecule has 0 rings (SSSR count). The molecule has 1 nitrogen and oxygen atoms in total. The summed E-state index contributed by atoms with van der Waals surface area (Å²) in [5, 5.41) is 0. The molecule has 0 N–H and O–H groups in total. The van der Waals surface area contributed by atoms with E-state index in [1.54, 1.807) is 0 Å². The molecule has 0 bridgehead atoms. The quantitative estimate of drug-likeness (QED) is 0.483. The number of carbonyl (C=O) groups excluding carboxylic acids is 1. The summed E-state index contributed by atoms with van der Waals surface area (Å²) in [6.07, 6.45) is 3.47. The van der Waals surface area contributed by atoms with Crippen LogP contribution in [0.1, 0.15) is 48.0 Å². The molecule has 0 aromatic carbocycles. The van der Waals surface area contributed by atoms with Crippen LogP contribution >= 0.6 is 0 Å². The van der Waals surface area contributed by atoms with E-state index in [1.807, 2.05) is 6.08 Å². The summed E-state index contributed by atoms with van der Waals surface area (Å²) in [6, 6.07) is 0. The van der Waals surface area contributed by atoms with Crippen LogP contribution in [0, 0.1) is 10.8 Å². The lowest BCUT2D eigenvalue weighted by atomic mass is 9.84. The Hall–Kier alpha value is -0.810. The van der Waals surface area contributed by atoms with E-state index in [1.165, 1.54) is 0 Å². The summed E-state index contributed by atoms with van der Waals surface area (Å²) in [7, 11) is 0. The molecule has 0 aliphatic carbocycles. The Morgan fingerprint density at radius 1 is 1.14 bits per heavy atom. The second kappa shape index (κ2) is 4.61. The molecule has 0 atom stereocenters. The Labute approximate surface area is 87.9 Å². The average molecular weight is 194 g/mol. The van der Waals surface area contributed by atoms with Crippen LogP contribution in [0.5, 0.6) is 0 Å². The lowest BCUT2D eigenvalue weighted by Crippen LogP contribution is -2.09. The Balaban J connectivity index is 5.02. The van der Waals surface area contributed by atoms with Crippen molar-refractivity contribution in [1.29, 1.82) is 0 Å². The maximum Gasteiger partial charge on any atom is 0.124 e. The molecule has 0 amide bonds. The summed E-state index contributed by atoms with van der Waals surface area (Å²) < 4.78 is 0. The number of allylic oxidation sites excluding steroid dienone is 1. The van der Waals surface area contributed by atoms with E-state index in [-0.39, 0.29) is 10.8 Å². The second-order valence-electron chi connectivity index (χ2n) is 5.75. The highest BCUT2D eigenvalue weighted by atomic mass is 16.1. The van der Waals surface area contributed by atoms with Gasteiger partial charge in [0.05, 0.1) is 0 Å². The van der Waals surface area contributed by atoms with E-state index >= 15 is 0 Å². The van der Waals surface area contributed by atoms with Crippen molar-refractivity contribution in [2.75, 3.05) is 0 Å². The van der Waals surface area contributed by atoms with E-state index in [0.717, 1.165) is 11.9 Å². The SMILES string of the molecule is CC(C)(C)C=C=C(CC=O)C(C)(C)C. The molecule has 0 aliphatic heterocycles. The van der Waals surface area contributed by atoms with Crippen LogP contribution in [0.25, 0.3) is 0 Å². The number of hydrogen-bond donors (Lipinski definition) is 0. The lowest BCUT2D eigenvalue weighted by molar-refractivity contribution is -0.107. The van der Waals surface area contributed by atoms with Crippen LogP contribution in [0.3, 0.4) is 0 Å². The summed E-state index contributed by atoms with van der Waals surface area (Å²) in [4.78, 5) is 10.5. The first-order chi connectivity index (χ1) is 6.17. The van der Waals surface area contributed by atoms with Gasteiger partial charge in [-0.05, 0) is 22.5 Å². The van der Waals surface area contributed by atoms with Crippen molar-refractivity contribution in [3.05, 3.63) is 17.4 Å². The maximum atomic E-state index is 10.5. The molecule has 0 radical (unpaired) electrons. The first-order valence-corrected chi connectivity index (χ1v) is 5.07. The van der Waals surface area contributed by atoms with Crippen LogP contribution in [0.4, 0.5) is 0 Å². The molecule has 0 saturated carbocycles. The molecule has 0 saturated heterocycles. The standard InChI is InChI=1S/C13H22O/c1-12(2,3)9-7-11(8-10-14)13(4,5)6/h9-10H,8H2,1-6H3. The van der Waals surface area contributed by atoms with Crippen LogP contribution in [-0.2, 0) is 4.79 Å². The molecule has 0 aliphatic rings. The molecular weight excluding hydrogens is 172 g/mol. The fourth-order valence-corrected chi connectivity index (χ4v) is 0.969. The topological polar surface area (TPSA) is 17.1 Å². The van der Waals surface area contributed by atoms with E-state index in [2.05, 4.69) is 47.3 Å². The van der Waals surface area contributed by atoms with Crippen molar-refractivity contribution < 1.29 is 4.79 Å². The van der Waals surface area contributed by atoms with Crippen molar-refractivity contribution in [3.63, 3.8) is 0 Å². The third-order valence-corrected chi connectivity index (χ3v) is 1.87. The van der Waals surface area contributed by atoms with Gasteiger partial charge in [0, 0.05) is 6.42 Å². The monoisotopic (exact) mass is 194 g/mol. The molecule has 0 fully saturated rings. The van der Waals surface area contributed by atoms with Crippen LogP contribution in [0.15, 0.2) is 17.4 Å². The highest BCUT2D eigenvalue weighted by molar-refractivity contribution is 5.54.